The predicted molar refractivity (Wildman–Crippen MR) is 91.8 cm³/mol. The molecular weight excluding hydrogens is 294 g/mol. The van der Waals surface area contributed by atoms with Crippen LogP contribution in [0.15, 0.2) is 29.3 Å². The highest BCUT2D eigenvalue weighted by molar-refractivity contribution is 5.80. The number of carbonyl (C=O) groups is 1. The number of methoxy groups -OCH3 is 1. The van der Waals surface area contributed by atoms with E-state index in [1.54, 1.807) is 6.92 Å². The highest BCUT2D eigenvalue weighted by Crippen LogP contribution is 2.10. The third kappa shape index (κ3) is 7.54. The van der Waals surface area contributed by atoms with Crippen LogP contribution < -0.4 is 15.4 Å². The van der Waals surface area contributed by atoms with Gasteiger partial charge in [0.1, 0.15) is 12.4 Å². The average Bonchev–Trinajstić information content (AvgIpc) is 2.56. The monoisotopic (exact) mass is 321 g/mol. The molecule has 0 aliphatic rings. The molecule has 0 aromatic heterocycles. The summed E-state index contributed by atoms with van der Waals surface area (Å²) in [4.78, 5) is 15.7. The molecule has 0 saturated carbocycles. The van der Waals surface area contributed by atoms with E-state index >= 15 is 0 Å². The van der Waals surface area contributed by atoms with E-state index < -0.39 is 0 Å². The first kappa shape index (κ1) is 18.8. The SMILES string of the molecule is CCNC(=NCC(C)C(=O)OC)NCCOc1ccc(C)cc1. The molecule has 23 heavy (non-hydrogen) atoms. The van der Waals surface area contributed by atoms with Crippen LogP contribution in [0.2, 0.25) is 0 Å². The van der Waals surface area contributed by atoms with E-state index in [-0.39, 0.29) is 11.9 Å². The average molecular weight is 321 g/mol. The van der Waals surface area contributed by atoms with E-state index in [9.17, 15) is 4.79 Å². The molecule has 0 radical (unpaired) electrons. The largest absolute Gasteiger partial charge is 0.492 e. The number of guanidine groups is 1. The summed E-state index contributed by atoms with van der Waals surface area (Å²) in [5, 5.41) is 6.31. The van der Waals surface area contributed by atoms with Gasteiger partial charge in [0.15, 0.2) is 5.96 Å². The van der Waals surface area contributed by atoms with Gasteiger partial charge in [-0.15, -0.1) is 0 Å². The molecule has 0 saturated heterocycles. The number of esters is 1. The molecule has 6 heteroatoms. The van der Waals surface area contributed by atoms with Gasteiger partial charge in [0.05, 0.1) is 26.1 Å². The number of aryl methyl sites for hydroxylation is 1. The number of rotatable bonds is 8. The maximum atomic E-state index is 11.4. The molecule has 6 nitrogen and oxygen atoms in total. The Hall–Kier alpha value is -2.24. The second kappa shape index (κ2) is 10.5. The van der Waals surface area contributed by atoms with Crippen molar-refractivity contribution in [1.82, 2.24) is 10.6 Å². The molecule has 128 valence electrons. The summed E-state index contributed by atoms with van der Waals surface area (Å²) < 4.78 is 10.3. The minimum absolute atomic E-state index is 0.257. The Morgan fingerprint density at radius 3 is 2.57 bits per heavy atom. The molecule has 0 fully saturated rings. The van der Waals surface area contributed by atoms with E-state index in [0.717, 1.165) is 12.3 Å². The lowest BCUT2D eigenvalue weighted by molar-refractivity contribution is -0.144. The molecule has 1 unspecified atom stereocenters. The second-order valence-corrected chi connectivity index (χ2v) is 5.23. The van der Waals surface area contributed by atoms with Crippen LogP contribution in [-0.4, -0.2) is 45.3 Å². The Morgan fingerprint density at radius 2 is 1.96 bits per heavy atom. The molecule has 0 spiro atoms. The van der Waals surface area contributed by atoms with Crippen LogP contribution in [0, 0.1) is 12.8 Å². The van der Waals surface area contributed by atoms with Crippen molar-refractivity contribution in [2.24, 2.45) is 10.9 Å². The number of hydrogen-bond acceptors (Lipinski definition) is 4. The molecule has 1 aromatic carbocycles. The van der Waals surface area contributed by atoms with Crippen molar-refractivity contribution in [2.45, 2.75) is 20.8 Å². The van der Waals surface area contributed by atoms with Crippen molar-refractivity contribution in [2.75, 3.05) is 33.4 Å². The standard InChI is InChI=1S/C17H27N3O3/c1-5-18-17(20-12-14(3)16(21)22-4)19-10-11-23-15-8-6-13(2)7-9-15/h6-9,14H,5,10-12H2,1-4H3,(H2,18,19,20). The van der Waals surface area contributed by atoms with Gasteiger partial charge < -0.3 is 20.1 Å². The van der Waals surface area contributed by atoms with Crippen LogP contribution in [-0.2, 0) is 9.53 Å². The molecule has 2 N–H and O–H groups in total. The molecule has 1 aromatic rings. The second-order valence-electron chi connectivity index (χ2n) is 5.23. The fourth-order valence-corrected chi connectivity index (χ4v) is 1.82. The van der Waals surface area contributed by atoms with E-state index in [2.05, 4.69) is 15.6 Å². The van der Waals surface area contributed by atoms with Gasteiger partial charge in [0, 0.05) is 6.54 Å². The highest BCUT2D eigenvalue weighted by atomic mass is 16.5. The number of ether oxygens (including phenoxy) is 2. The van der Waals surface area contributed by atoms with E-state index in [1.165, 1.54) is 12.7 Å². The van der Waals surface area contributed by atoms with Crippen LogP contribution in [0.3, 0.4) is 0 Å². The maximum absolute atomic E-state index is 11.4. The summed E-state index contributed by atoms with van der Waals surface area (Å²) in [5.74, 6) is 0.987. The van der Waals surface area contributed by atoms with Crippen LogP contribution in [0.4, 0.5) is 0 Å². The minimum atomic E-state index is -0.265. The van der Waals surface area contributed by atoms with Crippen molar-refractivity contribution in [3.63, 3.8) is 0 Å². The summed E-state index contributed by atoms with van der Waals surface area (Å²) in [6.45, 7) is 8.09. The first-order chi connectivity index (χ1) is 11.1. The summed E-state index contributed by atoms with van der Waals surface area (Å²) in [7, 11) is 1.38. The van der Waals surface area contributed by atoms with Gasteiger partial charge in [-0.2, -0.15) is 0 Å². The molecule has 1 atom stereocenters. The number of nitrogens with zero attached hydrogens (tertiary/aromatic N) is 1. The highest BCUT2D eigenvalue weighted by Gasteiger charge is 2.12. The van der Waals surface area contributed by atoms with Crippen LogP contribution >= 0.6 is 0 Å². The Labute approximate surface area is 138 Å². The zero-order chi connectivity index (χ0) is 17.1. The number of benzene rings is 1. The lowest BCUT2D eigenvalue weighted by Gasteiger charge is -2.13. The summed E-state index contributed by atoms with van der Waals surface area (Å²) >= 11 is 0. The lowest BCUT2D eigenvalue weighted by Crippen LogP contribution is -2.39. The topological polar surface area (TPSA) is 72.0 Å². The normalized spacial score (nSPS) is 12.4. The Kier molecular flexibility index (Phi) is 8.57. The number of nitrogens with one attached hydrogen (secondary N) is 2. The van der Waals surface area contributed by atoms with E-state index in [0.29, 0.717) is 25.7 Å². The van der Waals surface area contributed by atoms with Crippen LogP contribution in [0.1, 0.15) is 19.4 Å². The lowest BCUT2D eigenvalue weighted by atomic mass is 10.2. The fourth-order valence-electron chi connectivity index (χ4n) is 1.82. The van der Waals surface area contributed by atoms with Gasteiger partial charge in [-0.25, -0.2) is 0 Å². The maximum Gasteiger partial charge on any atom is 0.310 e. The molecule has 0 amide bonds. The van der Waals surface area contributed by atoms with Gasteiger partial charge >= 0.3 is 5.97 Å². The quantitative estimate of drug-likeness (QED) is 0.330. The van der Waals surface area contributed by atoms with Crippen LogP contribution in [0.25, 0.3) is 0 Å². The molecule has 0 heterocycles. The molecule has 0 aliphatic heterocycles. The molecule has 0 aliphatic carbocycles. The minimum Gasteiger partial charge on any atom is -0.492 e. The zero-order valence-corrected chi connectivity index (χ0v) is 14.4. The van der Waals surface area contributed by atoms with Crippen molar-refractivity contribution < 1.29 is 14.3 Å². The Bertz CT molecular complexity index is 500. The first-order valence-corrected chi connectivity index (χ1v) is 7.86. The van der Waals surface area contributed by atoms with Crippen molar-refractivity contribution in [3.05, 3.63) is 29.8 Å². The summed E-state index contributed by atoms with van der Waals surface area (Å²) in [6.07, 6.45) is 0. The number of carbonyl (C=O) groups excluding carboxylic acids is 1. The molecule has 0 bridgehead atoms. The third-order valence-electron chi connectivity index (χ3n) is 3.16. The van der Waals surface area contributed by atoms with E-state index in [4.69, 9.17) is 9.47 Å². The van der Waals surface area contributed by atoms with Crippen molar-refractivity contribution in [1.29, 1.82) is 0 Å². The number of hydrogen-bond donors (Lipinski definition) is 2. The number of aliphatic imine (C=N–C) groups is 1. The van der Waals surface area contributed by atoms with Gasteiger partial charge in [-0.05, 0) is 26.0 Å². The Balaban J connectivity index is 2.37. The van der Waals surface area contributed by atoms with Gasteiger partial charge in [0.2, 0.25) is 0 Å². The Morgan fingerprint density at radius 1 is 1.26 bits per heavy atom. The van der Waals surface area contributed by atoms with Crippen LogP contribution in [0.5, 0.6) is 5.75 Å². The van der Waals surface area contributed by atoms with E-state index in [1.807, 2.05) is 38.1 Å². The fraction of sp³-hybridized carbons (Fsp3) is 0.529. The van der Waals surface area contributed by atoms with Gasteiger partial charge in [0.25, 0.3) is 0 Å². The van der Waals surface area contributed by atoms with Gasteiger partial charge in [-0.1, -0.05) is 24.6 Å². The predicted octanol–water partition coefficient (Wildman–Crippen LogP) is 1.74. The summed E-state index contributed by atoms with van der Waals surface area (Å²) in [5.41, 5.74) is 1.21. The smallest absolute Gasteiger partial charge is 0.310 e. The van der Waals surface area contributed by atoms with Crippen molar-refractivity contribution in [3.8, 4) is 5.75 Å². The van der Waals surface area contributed by atoms with Crippen molar-refractivity contribution >= 4 is 11.9 Å². The third-order valence-corrected chi connectivity index (χ3v) is 3.16. The molecular formula is C17H27N3O3. The summed E-state index contributed by atoms with van der Waals surface area (Å²) in [6, 6.07) is 7.93. The zero-order valence-electron chi connectivity index (χ0n) is 14.4. The molecule has 1 rings (SSSR count). The first-order valence-electron chi connectivity index (χ1n) is 7.86. The van der Waals surface area contributed by atoms with Gasteiger partial charge in [-0.3, -0.25) is 9.79 Å².